The Balaban J connectivity index is 2.03. The van der Waals surface area contributed by atoms with Crippen LogP contribution in [-0.2, 0) is 24.0 Å². The summed E-state index contributed by atoms with van der Waals surface area (Å²) in [4.78, 5) is 43.6. The molecule has 6 nitrogen and oxygen atoms in total. The molecule has 6 heteroatoms. The lowest BCUT2D eigenvalue weighted by atomic mass is 9.63. The highest BCUT2D eigenvalue weighted by molar-refractivity contribution is 6.01. The number of nitrogens with one attached hydrogen (secondary N) is 1. The maximum absolute atomic E-state index is 13.1. The lowest BCUT2D eigenvalue weighted by Crippen LogP contribution is -2.46. The van der Waals surface area contributed by atoms with Gasteiger partial charge in [-0.25, -0.2) is 4.79 Å². The van der Waals surface area contributed by atoms with Crippen LogP contribution in [0.1, 0.15) is 119 Å². The summed E-state index contributed by atoms with van der Waals surface area (Å²) in [5.74, 6) is -1.03. The maximum atomic E-state index is 13.1. The molecular weight excluding hydrogens is 418 g/mol. The van der Waals surface area contributed by atoms with Crippen molar-refractivity contribution in [3.05, 3.63) is 11.1 Å². The van der Waals surface area contributed by atoms with Gasteiger partial charge >= 0.3 is 11.9 Å². The van der Waals surface area contributed by atoms with Gasteiger partial charge in [0.1, 0.15) is 6.04 Å². The summed E-state index contributed by atoms with van der Waals surface area (Å²) in [5.41, 5.74) is 3.90. The average molecular weight is 464 g/mol. The predicted molar refractivity (Wildman–Crippen MR) is 129 cm³/mol. The SMILES string of the molecule is CCCCCCCCC(NOC(=O)C(C)(C)C)C(=O)O[C@H]1C[C@]2(C)CCCCC2=C(C)C1=O. The molecule has 0 amide bonds. The number of hydrogen-bond acceptors (Lipinski definition) is 6. The summed E-state index contributed by atoms with van der Waals surface area (Å²) in [5, 5.41) is 0. The number of unbranched alkanes of at least 4 members (excludes halogenated alkanes) is 5. The molecule has 2 aliphatic rings. The summed E-state index contributed by atoms with van der Waals surface area (Å²) >= 11 is 0. The first-order valence-corrected chi connectivity index (χ1v) is 12.9. The third-order valence-electron chi connectivity index (χ3n) is 7.18. The highest BCUT2D eigenvalue weighted by Gasteiger charge is 2.44. The Labute approximate surface area is 200 Å². The van der Waals surface area contributed by atoms with Gasteiger partial charge in [-0.1, -0.05) is 64.4 Å². The molecule has 0 saturated heterocycles. The Bertz CT molecular complexity index is 735. The molecule has 3 atom stereocenters. The minimum Gasteiger partial charge on any atom is -0.453 e. The molecule has 1 saturated carbocycles. The van der Waals surface area contributed by atoms with E-state index in [0.717, 1.165) is 50.5 Å². The van der Waals surface area contributed by atoms with E-state index in [-0.39, 0.29) is 11.2 Å². The number of Topliss-reactive ketones (excluding diaryl/α,β-unsaturated/α-hetero) is 1. The molecule has 0 aromatic carbocycles. The molecule has 188 valence electrons. The van der Waals surface area contributed by atoms with Gasteiger partial charge in [0.05, 0.1) is 5.41 Å². The number of hydrogen-bond donors (Lipinski definition) is 1. The van der Waals surface area contributed by atoms with E-state index in [1.807, 2.05) is 6.92 Å². The van der Waals surface area contributed by atoms with Gasteiger partial charge in [-0.15, -0.1) is 5.48 Å². The molecule has 0 radical (unpaired) electrons. The Hall–Kier alpha value is -1.69. The number of ether oxygens (including phenoxy) is 1. The number of hydroxylamine groups is 1. The zero-order chi connectivity index (χ0) is 24.6. The van der Waals surface area contributed by atoms with Crippen LogP contribution in [0.2, 0.25) is 0 Å². The topological polar surface area (TPSA) is 81.7 Å². The normalized spacial score (nSPS) is 24.3. The number of rotatable bonds is 11. The van der Waals surface area contributed by atoms with Crippen LogP contribution in [-0.4, -0.2) is 29.9 Å². The number of ketones is 1. The van der Waals surface area contributed by atoms with Gasteiger partial charge in [-0.2, -0.15) is 0 Å². The lowest BCUT2D eigenvalue weighted by Gasteiger charge is -2.43. The molecule has 0 aromatic rings. The molecule has 0 aliphatic heterocycles. The van der Waals surface area contributed by atoms with Crippen molar-refractivity contribution >= 4 is 17.7 Å². The van der Waals surface area contributed by atoms with E-state index in [4.69, 9.17) is 9.57 Å². The monoisotopic (exact) mass is 463 g/mol. The number of allylic oxidation sites excluding steroid dienone is 1. The fraction of sp³-hybridized carbons (Fsp3) is 0.815. The summed E-state index contributed by atoms with van der Waals surface area (Å²) in [7, 11) is 0. The first kappa shape index (κ1) is 27.6. The van der Waals surface area contributed by atoms with E-state index in [1.54, 1.807) is 20.8 Å². The fourth-order valence-electron chi connectivity index (χ4n) is 4.98. The van der Waals surface area contributed by atoms with Crippen molar-refractivity contribution in [3.63, 3.8) is 0 Å². The first-order valence-electron chi connectivity index (χ1n) is 12.9. The predicted octanol–water partition coefficient (Wildman–Crippen LogP) is 5.98. The average Bonchev–Trinajstić information content (AvgIpc) is 2.75. The molecule has 1 N–H and O–H groups in total. The van der Waals surface area contributed by atoms with Crippen LogP contribution >= 0.6 is 0 Å². The molecule has 0 aromatic heterocycles. The van der Waals surface area contributed by atoms with Gasteiger partial charge in [0.15, 0.2) is 11.9 Å². The standard InChI is InChI=1S/C27H45NO5/c1-7-8-9-10-11-12-16-21(28-33-25(31)26(3,4)5)24(30)32-22-18-27(6)17-14-13-15-20(27)19(2)23(22)29/h21-22,28H,7-18H2,1-6H3/t21?,22-,27-/m0/s1. The van der Waals surface area contributed by atoms with Crippen LogP contribution in [0.5, 0.6) is 0 Å². The third-order valence-corrected chi connectivity index (χ3v) is 7.18. The number of esters is 1. The molecule has 0 heterocycles. The molecule has 0 spiro atoms. The minimum atomic E-state index is -0.778. The Morgan fingerprint density at radius 1 is 1.12 bits per heavy atom. The fourth-order valence-corrected chi connectivity index (χ4v) is 4.98. The van der Waals surface area contributed by atoms with E-state index in [2.05, 4.69) is 19.3 Å². The van der Waals surface area contributed by atoms with Crippen molar-refractivity contribution in [2.75, 3.05) is 0 Å². The summed E-state index contributed by atoms with van der Waals surface area (Å²) in [6, 6.07) is -0.778. The van der Waals surface area contributed by atoms with E-state index in [1.165, 1.54) is 24.8 Å². The van der Waals surface area contributed by atoms with Gasteiger partial charge in [0.25, 0.3) is 0 Å². The van der Waals surface area contributed by atoms with E-state index < -0.39 is 29.5 Å². The smallest absolute Gasteiger partial charge is 0.330 e. The van der Waals surface area contributed by atoms with Crippen LogP contribution in [0, 0.1) is 10.8 Å². The van der Waals surface area contributed by atoms with E-state index in [9.17, 15) is 14.4 Å². The molecule has 0 bridgehead atoms. The molecule has 1 unspecified atom stereocenters. The van der Waals surface area contributed by atoms with Crippen molar-refractivity contribution in [2.45, 2.75) is 131 Å². The van der Waals surface area contributed by atoms with Crippen molar-refractivity contribution in [1.82, 2.24) is 5.48 Å². The van der Waals surface area contributed by atoms with Crippen LogP contribution in [0.25, 0.3) is 0 Å². The highest BCUT2D eigenvalue weighted by Crippen LogP contribution is 2.49. The number of carbonyl (C=O) groups excluding carboxylic acids is 3. The van der Waals surface area contributed by atoms with Crippen molar-refractivity contribution in [1.29, 1.82) is 0 Å². The van der Waals surface area contributed by atoms with E-state index >= 15 is 0 Å². The first-order chi connectivity index (χ1) is 15.5. The van der Waals surface area contributed by atoms with Crippen LogP contribution in [0.4, 0.5) is 0 Å². The third kappa shape index (κ3) is 7.66. The Kier molecular flexibility index (Phi) is 10.1. The zero-order valence-corrected chi connectivity index (χ0v) is 21.7. The summed E-state index contributed by atoms with van der Waals surface area (Å²) in [6.45, 7) is 11.5. The van der Waals surface area contributed by atoms with Crippen molar-refractivity contribution in [2.24, 2.45) is 10.8 Å². The molecule has 1 fully saturated rings. The summed E-state index contributed by atoms with van der Waals surface area (Å²) < 4.78 is 5.79. The van der Waals surface area contributed by atoms with E-state index in [0.29, 0.717) is 12.8 Å². The van der Waals surface area contributed by atoms with Gasteiger partial charge in [0, 0.05) is 6.42 Å². The van der Waals surface area contributed by atoms with Crippen LogP contribution in [0.3, 0.4) is 0 Å². The van der Waals surface area contributed by atoms with Crippen molar-refractivity contribution in [3.8, 4) is 0 Å². The Morgan fingerprint density at radius 2 is 1.79 bits per heavy atom. The Morgan fingerprint density at radius 3 is 2.45 bits per heavy atom. The van der Waals surface area contributed by atoms with Crippen LogP contribution in [0.15, 0.2) is 11.1 Å². The zero-order valence-electron chi connectivity index (χ0n) is 21.7. The lowest BCUT2D eigenvalue weighted by molar-refractivity contribution is -0.171. The van der Waals surface area contributed by atoms with Crippen molar-refractivity contribution < 1.29 is 24.0 Å². The van der Waals surface area contributed by atoms with Gasteiger partial charge in [-0.3, -0.25) is 9.59 Å². The number of fused-ring (bicyclic) bond motifs is 1. The van der Waals surface area contributed by atoms with Gasteiger partial charge in [0.2, 0.25) is 0 Å². The van der Waals surface area contributed by atoms with Gasteiger partial charge in [-0.05, 0) is 64.4 Å². The van der Waals surface area contributed by atoms with Crippen LogP contribution < -0.4 is 5.48 Å². The quantitative estimate of drug-likeness (QED) is 0.231. The maximum Gasteiger partial charge on any atom is 0.330 e. The largest absolute Gasteiger partial charge is 0.453 e. The minimum absolute atomic E-state index is 0.0808. The molecule has 33 heavy (non-hydrogen) atoms. The second-order valence-corrected chi connectivity index (χ2v) is 11.2. The second kappa shape index (κ2) is 12.1. The number of carbonyl (C=O) groups is 3. The second-order valence-electron chi connectivity index (χ2n) is 11.2. The molecular formula is C27H45NO5. The van der Waals surface area contributed by atoms with Gasteiger partial charge < -0.3 is 9.57 Å². The summed E-state index contributed by atoms with van der Waals surface area (Å²) in [6.07, 6.45) is 11.0. The molecule has 2 rings (SSSR count). The molecule has 2 aliphatic carbocycles. The highest BCUT2D eigenvalue weighted by atomic mass is 16.7.